The van der Waals surface area contributed by atoms with Crippen molar-refractivity contribution >= 4 is 0 Å². The summed E-state index contributed by atoms with van der Waals surface area (Å²) in [4.78, 5) is 4.77. The highest BCUT2D eigenvalue weighted by Crippen LogP contribution is 2.30. The number of hydrogen-bond donors (Lipinski definition) is 0. The molecule has 1 aromatic heterocycles. The van der Waals surface area contributed by atoms with Gasteiger partial charge in [-0.1, -0.05) is 38.1 Å². The van der Waals surface area contributed by atoms with Gasteiger partial charge >= 0.3 is 0 Å². The van der Waals surface area contributed by atoms with Gasteiger partial charge in [0, 0.05) is 43.9 Å². The fourth-order valence-electron chi connectivity index (χ4n) is 3.88. The van der Waals surface area contributed by atoms with Crippen molar-refractivity contribution in [3.05, 3.63) is 71.7 Å². The molecule has 1 aliphatic rings. The van der Waals surface area contributed by atoms with E-state index in [1.165, 1.54) is 11.6 Å². The quantitative estimate of drug-likeness (QED) is 0.637. The van der Waals surface area contributed by atoms with Crippen molar-refractivity contribution in [1.82, 2.24) is 19.6 Å². The smallest absolute Gasteiger partial charge is 0.132 e. The van der Waals surface area contributed by atoms with E-state index in [-0.39, 0.29) is 5.82 Å². The van der Waals surface area contributed by atoms with Crippen LogP contribution >= 0.6 is 0 Å². The molecule has 5 heteroatoms. The lowest BCUT2D eigenvalue weighted by Crippen LogP contribution is -2.43. The molecule has 2 aromatic carbocycles. The number of hydrogen-bond acceptors (Lipinski definition) is 3. The lowest BCUT2D eigenvalue weighted by atomic mass is 10.0. The van der Waals surface area contributed by atoms with Gasteiger partial charge in [0.2, 0.25) is 0 Å². The van der Waals surface area contributed by atoms with Crippen LogP contribution in [0.5, 0.6) is 0 Å². The summed E-state index contributed by atoms with van der Waals surface area (Å²) < 4.78 is 16.6. The minimum atomic E-state index is -0.215. The number of likely N-dealkylation sites (N-methyl/N-ethyl adjacent to an activating group) is 1. The third kappa shape index (κ3) is 4.26. The van der Waals surface area contributed by atoms with Gasteiger partial charge in [0.25, 0.3) is 0 Å². The molecule has 4 rings (SSSR count). The van der Waals surface area contributed by atoms with Crippen molar-refractivity contribution in [2.45, 2.75) is 26.3 Å². The minimum Gasteiger partial charge on any atom is -0.304 e. The normalized spacial score (nSPS) is 15.9. The Bertz CT molecular complexity index is 953. The summed E-state index contributed by atoms with van der Waals surface area (Å²) in [5, 5.41) is 4.67. The average Bonchev–Trinajstić information content (AvgIpc) is 3.13. The minimum absolute atomic E-state index is 0.215. The van der Waals surface area contributed by atoms with Crippen molar-refractivity contribution in [3.8, 4) is 16.9 Å². The molecule has 0 amide bonds. The fourth-order valence-corrected chi connectivity index (χ4v) is 3.88. The van der Waals surface area contributed by atoms with Crippen LogP contribution in [0.1, 0.15) is 30.9 Å². The van der Waals surface area contributed by atoms with Gasteiger partial charge in [-0.3, -0.25) is 4.90 Å². The molecular formula is C24H29FN4. The molecule has 4 nitrogen and oxygen atoms in total. The first-order valence-electron chi connectivity index (χ1n) is 10.4. The van der Waals surface area contributed by atoms with Crippen LogP contribution < -0.4 is 0 Å². The van der Waals surface area contributed by atoms with E-state index in [4.69, 9.17) is 0 Å². The molecule has 0 unspecified atom stereocenters. The van der Waals surface area contributed by atoms with Gasteiger partial charge in [-0.05, 0) is 42.8 Å². The SMILES string of the molecule is CC(C)c1ccc(-n2ncc(CN3CCN(C)CC3)c2-c2ccccc2F)cc1. The summed E-state index contributed by atoms with van der Waals surface area (Å²) in [7, 11) is 2.15. The molecule has 0 N–H and O–H groups in total. The second-order valence-electron chi connectivity index (χ2n) is 8.24. The average molecular weight is 393 g/mol. The van der Waals surface area contributed by atoms with Crippen molar-refractivity contribution in [3.63, 3.8) is 0 Å². The molecule has 0 saturated carbocycles. The van der Waals surface area contributed by atoms with Crippen LogP contribution in [0.25, 0.3) is 16.9 Å². The summed E-state index contributed by atoms with van der Waals surface area (Å²) in [6.07, 6.45) is 1.90. The van der Waals surface area contributed by atoms with E-state index in [2.05, 4.69) is 60.1 Å². The summed E-state index contributed by atoms with van der Waals surface area (Å²) in [5.41, 5.74) is 4.75. The molecule has 0 radical (unpaired) electrons. The number of halogens is 1. The van der Waals surface area contributed by atoms with Crippen LogP contribution in [0.15, 0.2) is 54.7 Å². The Morgan fingerprint density at radius 3 is 2.31 bits per heavy atom. The molecule has 1 fully saturated rings. The van der Waals surface area contributed by atoms with Gasteiger partial charge in [0.05, 0.1) is 17.6 Å². The largest absolute Gasteiger partial charge is 0.304 e. The fraction of sp³-hybridized carbons (Fsp3) is 0.375. The second kappa shape index (κ2) is 8.47. The molecule has 0 bridgehead atoms. The van der Waals surface area contributed by atoms with Crippen LogP contribution in [0, 0.1) is 5.82 Å². The summed E-state index contributed by atoms with van der Waals surface area (Å²) in [6.45, 7) is 9.29. The zero-order chi connectivity index (χ0) is 20.4. The summed E-state index contributed by atoms with van der Waals surface area (Å²) in [6, 6.07) is 15.4. The van der Waals surface area contributed by atoms with Gasteiger partial charge in [-0.25, -0.2) is 9.07 Å². The Labute approximate surface area is 172 Å². The van der Waals surface area contributed by atoms with Crippen LogP contribution in [0.3, 0.4) is 0 Å². The Morgan fingerprint density at radius 2 is 1.66 bits per heavy atom. The van der Waals surface area contributed by atoms with Crippen molar-refractivity contribution in [2.75, 3.05) is 33.2 Å². The lowest BCUT2D eigenvalue weighted by Gasteiger charge is -2.32. The third-order valence-electron chi connectivity index (χ3n) is 5.77. The highest BCUT2D eigenvalue weighted by Gasteiger charge is 2.21. The Balaban J connectivity index is 1.73. The lowest BCUT2D eigenvalue weighted by molar-refractivity contribution is 0.148. The summed E-state index contributed by atoms with van der Waals surface area (Å²) >= 11 is 0. The van der Waals surface area contributed by atoms with Crippen LogP contribution in [-0.2, 0) is 6.54 Å². The van der Waals surface area contributed by atoms with E-state index < -0.39 is 0 Å². The van der Waals surface area contributed by atoms with Crippen molar-refractivity contribution in [1.29, 1.82) is 0 Å². The van der Waals surface area contributed by atoms with E-state index in [9.17, 15) is 4.39 Å². The first-order valence-corrected chi connectivity index (χ1v) is 10.4. The molecule has 3 aromatic rings. The Morgan fingerprint density at radius 1 is 0.966 bits per heavy atom. The maximum absolute atomic E-state index is 14.8. The first-order chi connectivity index (χ1) is 14.0. The maximum atomic E-state index is 14.8. The molecule has 152 valence electrons. The van der Waals surface area contributed by atoms with E-state index in [0.717, 1.165) is 49.7 Å². The number of nitrogens with zero attached hydrogens (tertiary/aromatic N) is 4. The molecule has 1 saturated heterocycles. The van der Waals surface area contributed by atoms with Gasteiger partial charge in [-0.2, -0.15) is 5.10 Å². The third-order valence-corrected chi connectivity index (χ3v) is 5.77. The van der Waals surface area contributed by atoms with Crippen molar-refractivity contribution < 1.29 is 4.39 Å². The predicted octanol–water partition coefficient (Wildman–Crippen LogP) is 4.55. The molecule has 0 aliphatic carbocycles. The van der Waals surface area contributed by atoms with Gasteiger partial charge in [0.15, 0.2) is 0 Å². The van der Waals surface area contributed by atoms with Crippen molar-refractivity contribution in [2.24, 2.45) is 0 Å². The molecule has 0 spiro atoms. The highest BCUT2D eigenvalue weighted by atomic mass is 19.1. The monoisotopic (exact) mass is 392 g/mol. The zero-order valence-electron chi connectivity index (χ0n) is 17.5. The highest BCUT2D eigenvalue weighted by molar-refractivity contribution is 5.66. The number of piperazine rings is 1. The molecule has 1 aliphatic heterocycles. The number of aromatic nitrogens is 2. The number of benzene rings is 2. The first kappa shape index (κ1) is 19.8. The molecule has 2 heterocycles. The van der Waals surface area contributed by atoms with Gasteiger partial charge in [0.1, 0.15) is 5.82 Å². The van der Waals surface area contributed by atoms with E-state index in [1.807, 2.05) is 23.0 Å². The predicted molar refractivity (Wildman–Crippen MR) is 116 cm³/mol. The van der Waals surface area contributed by atoms with Crippen LogP contribution in [-0.4, -0.2) is 52.8 Å². The topological polar surface area (TPSA) is 24.3 Å². The zero-order valence-corrected chi connectivity index (χ0v) is 17.5. The van der Waals surface area contributed by atoms with E-state index >= 15 is 0 Å². The molecule has 0 atom stereocenters. The van der Waals surface area contributed by atoms with Crippen LogP contribution in [0.4, 0.5) is 4.39 Å². The number of rotatable bonds is 5. The Hall–Kier alpha value is -2.50. The standard InChI is InChI=1S/C24H29FN4/c1-18(2)19-8-10-21(11-9-19)29-24(22-6-4-5-7-23(22)25)20(16-26-29)17-28-14-12-27(3)13-15-28/h4-11,16,18H,12-15,17H2,1-3H3. The van der Waals surface area contributed by atoms with Gasteiger partial charge < -0.3 is 4.90 Å². The van der Waals surface area contributed by atoms with E-state index in [0.29, 0.717) is 11.5 Å². The molecular weight excluding hydrogens is 363 g/mol. The second-order valence-corrected chi connectivity index (χ2v) is 8.24. The van der Waals surface area contributed by atoms with Gasteiger partial charge in [-0.15, -0.1) is 0 Å². The summed E-state index contributed by atoms with van der Waals surface area (Å²) in [5.74, 6) is 0.258. The van der Waals surface area contributed by atoms with Crippen LogP contribution in [0.2, 0.25) is 0 Å². The van der Waals surface area contributed by atoms with E-state index in [1.54, 1.807) is 6.07 Å². The molecule has 29 heavy (non-hydrogen) atoms. The maximum Gasteiger partial charge on any atom is 0.132 e. The Kier molecular flexibility index (Phi) is 5.79.